The van der Waals surface area contributed by atoms with Crippen molar-refractivity contribution in [3.63, 3.8) is 0 Å². The summed E-state index contributed by atoms with van der Waals surface area (Å²) in [7, 11) is 0. The fourth-order valence-electron chi connectivity index (χ4n) is 3.94. The van der Waals surface area contributed by atoms with Crippen molar-refractivity contribution in [2.75, 3.05) is 13.1 Å². The third-order valence-corrected chi connectivity index (χ3v) is 5.43. The largest absolute Gasteiger partial charge is 0.341 e. The van der Waals surface area contributed by atoms with Crippen LogP contribution in [0.25, 0.3) is 22.6 Å². The normalized spacial score (nSPS) is 16.8. The second-order valence-electron chi connectivity index (χ2n) is 7.52. The average Bonchev–Trinajstić information content (AvgIpc) is 3.42. The smallest absolute Gasteiger partial charge is 0.242 e. The lowest BCUT2D eigenvalue weighted by Crippen LogP contribution is -2.42. The molecule has 0 bridgehead atoms. The van der Waals surface area contributed by atoms with Crippen molar-refractivity contribution in [3.05, 3.63) is 55.1 Å². The first-order chi connectivity index (χ1) is 14.8. The number of piperidine rings is 1. The van der Waals surface area contributed by atoms with E-state index in [9.17, 15) is 4.79 Å². The average molecular weight is 403 g/mol. The van der Waals surface area contributed by atoms with Gasteiger partial charge in [-0.15, -0.1) is 0 Å². The first-order valence-electron chi connectivity index (χ1n) is 10.0. The summed E-state index contributed by atoms with van der Waals surface area (Å²) in [5.41, 5.74) is 2.46. The number of carbonyl (C=O) groups excluding carboxylic acids is 1. The molecule has 9 heteroatoms. The van der Waals surface area contributed by atoms with Crippen LogP contribution >= 0.6 is 0 Å². The number of likely N-dealkylation sites (tertiary alicyclic amines) is 1. The highest BCUT2D eigenvalue weighted by atomic mass is 16.5. The predicted octanol–water partition coefficient (Wildman–Crippen LogP) is 2.36. The number of nitrogens with zero attached hydrogens (tertiary/aromatic N) is 7. The van der Waals surface area contributed by atoms with Crippen molar-refractivity contribution in [1.29, 1.82) is 0 Å². The molecule has 0 radical (unpaired) electrons. The summed E-state index contributed by atoms with van der Waals surface area (Å²) in [6.07, 6.45) is 9.17. The van der Waals surface area contributed by atoms with E-state index in [1.54, 1.807) is 24.9 Å². The Kier molecular flexibility index (Phi) is 4.92. The maximum Gasteiger partial charge on any atom is 0.242 e. The summed E-state index contributed by atoms with van der Waals surface area (Å²) < 4.78 is 7.32. The molecule has 5 rings (SSSR count). The zero-order valence-corrected chi connectivity index (χ0v) is 16.4. The van der Waals surface area contributed by atoms with Gasteiger partial charge in [0.05, 0.1) is 23.6 Å². The van der Waals surface area contributed by atoms with Crippen LogP contribution in [-0.2, 0) is 17.8 Å². The van der Waals surface area contributed by atoms with E-state index in [0.717, 1.165) is 30.4 Å². The second kappa shape index (κ2) is 8.02. The van der Waals surface area contributed by atoms with Crippen LogP contribution in [0.15, 0.2) is 53.7 Å². The maximum absolute atomic E-state index is 12.9. The molecule has 1 aliphatic heterocycles. The number of rotatable bonds is 5. The lowest BCUT2D eigenvalue weighted by atomic mass is 9.94. The van der Waals surface area contributed by atoms with Gasteiger partial charge in [0.25, 0.3) is 0 Å². The van der Waals surface area contributed by atoms with Gasteiger partial charge in [-0.2, -0.15) is 4.98 Å². The Bertz CT molecular complexity index is 1150. The lowest BCUT2D eigenvalue weighted by Gasteiger charge is -2.32. The molecular weight excluding hydrogens is 382 g/mol. The first kappa shape index (κ1) is 18.4. The fraction of sp³-hybridized carbons (Fsp3) is 0.333. The predicted molar refractivity (Wildman–Crippen MR) is 108 cm³/mol. The van der Waals surface area contributed by atoms with E-state index in [1.165, 1.54) is 0 Å². The molecule has 0 N–H and O–H groups in total. The molecule has 3 aromatic heterocycles. The van der Waals surface area contributed by atoms with E-state index >= 15 is 0 Å². The van der Waals surface area contributed by atoms with Crippen molar-refractivity contribution < 1.29 is 9.32 Å². The Morgan fingerprint density at radius 2 is 2.13 bits per heavy atom. The molecule has 1 aromatic carbocycles. The van der Waals surface area contributed by atoms with E-state index < -0.39 is 0 Å². The summed E-state index contributed by atoms with van der Waals surface area (Å²) in [4.78, 5) is 31.9. The molecule has 4 aromatic rings. The lowest BCUT2D eigenvalue weighted by molar-refractivity contribution is -0.133. The van der Waals surface area contributed by atoms with Crippen molar-refractivity contribution in [2.45, 2.75) is 25.8 Å². The molecular formula is C21H21N7O2. The maximum atomic E-state index is 12.9. The molecule has 0 spiro atoms. The van der Waals surface area contributed by atoms with Gasteiger partial charge >= 0.3 is 0 Å². The summed E-state index contributed by atoms with van der Waals surface area (Å²) in [5.74, 6) is 1.40. The quantitative estimate of drug-likeness (QED) is 0.504. The standard InChI is InChI=1S/C21H21N7O2/c29-20(13-28-14-24-16-5-1-2-6-18(16)28)27-9-3-4-15(12-27)10-19-25-21(26-30-19)17-11-22-7-8-23-17/h1-2,5-8,11,14-15H,3-4,9-10,12-13H2. The topological polar surface area (TPSA) is 103 Å². The van der Waals surface area contributed by atoms with Crippen molar-refractivity contribution >= 4 is 16.9 Å². The highest BCUT2D eigenvalue weighted by molar-refractivity contribution is 5.80. The van der Waals surface area contributed by atoms with Crippen LogP contribution in [0.3, 0.4) is 0 Å². The minimum absolute atomic E-state index is 0.105. The third kappa shape index (κ3) is 3.78. The minimum atomic E-state index is 0.105. The third-order valence-electron chi connectivity index (χ3n) is 5.43. The van der Waals surface area contributed by atoms with Gasteiger partial charge in [-0.3, -0.25) is 9.78 Å². The number of amides is 1. The molecule has 0 aliphatic carbocycles. The molecule has 4 heterocycles. The van der Waals surface area contributed by atoms with Gasteiger partial charge in [0.1, 0.15) is 12.2 Å². The Hall–Kier alpha value is -3.62. The minimum Gasteiger partial charge on any atom is -0.341 e. The van der Waals surface area contributed by atoms with Crippen LogP contribution in [0.2, 0.25) is 0 Å². The van der Waals surface area contributed by atoms with Crippen LogP contribution in [0.5, 0.6) is 0 Å². The van der Waals surface area contributed by atoms with Crippen molar-refractivity contribution in [2.24, 2.45) is 5.92 Å². The van der Waals surface area contributed by atoms with Crippen LogP contribution < -0.4 is 0 Å². The van der Waals surface area contributed by atoms with Gasteiger partial charge in [0.15, 0.2) is 0 Å². The second-order valence-corrected chi connectivity index (χ2v) is 7.52. The number of benzene rings is 1. The Morgan fingerprint density at radius 3 is 3.03 bits per heavy atom. The molecule has 0 saturated carbocycles. The first-order valence-corrected chi connectivity index (χ1v) is 10.0. The molecule has 152 valence electrons. The monoisotopic (exact) mass is 403 g/mol. The number of fused-ring (bicyclic) bond motifs is 1. The van der Waals surface area contributed by atoms with Crippen molar-refractivity contribution in [3.8, 4) is 11.5 Å². The van der Waals surface area contributed by atoms with E-state index in [-0.39, 0.29) is 11.8 Å². The van der Waals surface area contributed by atoms with Gasteiger partial charge in [-0.1, -0.05) is 17.3 Å². The number of para-hydroxylation sites is 2. The number of carbonyl (C=O) groups is 1. The fourth-order valence-corrected chi connectivity index (χ4v) is 3.94. The van der Waals surface area contributed by atoms with Crippen LogP contribution in [-0.4, -0.2) is 53.6 Å². The molecule has 1 amide bonds. The highest BCUT2D eigenvalue weighted by Crippen LogP contribution is 2.22. The number of imidazole rings is 1. The molecule has 1 fully saturated rings. The van der Waals surface area contributed by atoms with Gasteiger partial charge in [-0.25, -0.2) is 9.97 Å². The van der Waals surface area contributed by atoms with Gasteiger partial charge in [-0.05, 0) is 30.9 Å². The summed E-state index contributed by atoms with van der Waals surface area (Å²) in [6, 6.07) is 7.84. The number of hydrogen-bond donors (Lipinski definition) is 0. The molecule has 1 atom stereocenters. The van der Waals surface area contributed by atoms with Crippen LogP contribution in [0.4, 0.5) is 0 Å². The molecule has 1 saturated heterocycles. The number of aromatic nitrogens is 6. The SMILES string of the molecule is O=C(Cn1cnc2ccccc21)N1CCCC(Cc2nc(-c3cnccn3)no2)C1. The van der Waals surface area contributed by atoms with Gasteiger partial charge in [0.2, 0.25) is 17.6 Å². The Labute approximate surface area is 172 Å². The van der Waals surface area contributed by atoms with E-state index in [1.807, 2.05) is 33.7 Å². The van der Waals surface area contributed by atoms with E-state index in [0.29, 0.717) is 36.9 Å². The van der Waals surface area contributed by atoms with Crippen LogP contribution in [0, 0.1) is 5.92 Å². The highest BCUT2D eigenvalue weighted by Gasteiger charge is 2.26. The van der Waals surface area contributed by atoms with Gasteiger partial charge < -0.3 is 14.0 Å². The summed E-state index contributed by atoms with van der Waals surface area (Å²) in [6.45, 7) is 1.76. The summed E-state index contributed by atoms with van der Waals surface area (Å²) in [5, 5.41) is 4.01. The Balaban J connectivity index is 1.23. The zero-order chi connectivity index (χ0) is 20.3. The number of hydrogen-bond acceptors (Lipinski definition) is 7. The summed E-state index contributed by atoms with van der Waals surface area (Å²) >= 11 is 0. The zero-order valence-electron chi connectivity index (χ0n) is 16.4. The van der Waals surface area contributed by atoms with E-state index in [2.05, 4.69) is 25.1 Å². The van der Waals surface area contributed by atoms with Gasteiger partial charge in [0, 0.05) is 31.9 Å². The van der Waals surface area contributed by atoms with Crippen molar-refractivity contribution in [1.82, 2.24) is 34.6 Å². The molecule has 1 unspecified atom stereocenters. The van der Waals surface area contributed by atoms with E-state index in [4.69, 9.17) is 4.52 Å². The molecule has 1 aliphatic rings. The molecule has 9 nitrogen and oxygen atoms in total. The van der Waals surface area contributed by atoms with Crippen LogP contribution in [0.1, 0.15) is 18.7 Å². The molecule has 30 heavy (non-hydrogen) atoms. The Morgan fingerprint density at radius 1 is 1.20 bits per heavy atom.